The number of benzene rings is 1. The number of anilines is 1. The molecule has 37 heavy (non-hydrogen) atoms. The van der Waals surface area contributed by atoms with Gasteiger partial charge in [-0.3, -0.25) is 14.3 Å². The Morgan fingerprint density at radius 1 is 0.946 bits per heavy atom. The fourth-order valence-corrected chi connectivity index (χ4v) is 4.87. The van der Waals surface area contributed by atoms with E-state index in [1.807, 2.05) is 6.92 Å². The second kappa shape index (κ2) is 10.9. The van der Waals surface area contributed by atoms with Gasteiger partial charge in [-0.05, 0) is 43.7 Å². The van der Waals surface area contributed by atoms with Gasteiger partial charge in [-0.25, -0.2) is 18.4 Å². The molecule has 0 fully saturated rings. The van der Waals surface area contributed by atoms with E-state index in [1.54, 1.807) is 55.1 Å². The second-order valence-corrected chi connectivity index (χ2v) is 10.1. The van der Waals surface area contributed by atoms with E-state index in [0.717, 1.165) is 5.56 Å². The molecule has 13 heteroatoms. The summed E-state index contributed by atoms with van der Waals surface area (Å²) in [6.45, 7) is 3.35. The lowest BCUT2D eigenvalue weighted by molar-refractivity contribution is 0.0949. The molecule has 0 aliphatic heterocycles. The van der Waals surface area contributed by atoms with Crippen LogP contribution in [0.15, 0.2) is 55.1 Å². The van der Waals surface area contributed by atoms with Crippen LogP contribution in [-0.2, 0) is 14.8 Å². The molecule has 3 aromatic heterocycles. The maximum absolute atomic E-state index is 13.6. The lowest BCUT2D eigenvalue weighted by Gasteiger charge is -2.23. The molecule has 0 saturated carbocycles. The van der Waals surface area contributed by atoms with Gasteiger partial charge < -0.3 is 14.2 Å². The van der Waals surface area contributed by atoms with Crippen molar-refractivity contribution in [2.24, 2.45) is 0 Å². The van der Waals surface area contributed by atoms with E-state index in [2.05, 4.69) is 29.9 Å². The van der Waals surface area contributed by atoms with Crippen molar-refractivity contribution in [1.82, 2.24) is 29.7 Å². The standard InChI is InChI=1S/C24H27N7O5S/c1-15-12-26-22(27-13-15)21(36-5)16(2)37(32,33)30-24-29-28-23(17-8-7-11-25-14-17)31(24)20-18(34-3)9-6-10-19(20)35-4/h6-14,16,21H,1-5H3,(H,29,30). The number of ether oxygens (including phenoxy) is 3. The summed E-state index contributed by atoms with van der Waals surface area (Å²) in [5.41, 5.74) is 1.85. The number of aryl methyl sites for hydroxylation is 1. The maximum Gasteiger partial charge on any atom is 0.243 e. The van der Waals surface area contributed by atoms with Gasteiger partial charge in [0.2, 0.25) is 16.0 Å². The molecule has 1 aromatic carbocycles. The van der Waals surface area contributed by atoms with E-state index in [9.17, 15) is 8.42 Å². The third-order valence-electron chi connectivity index (χ3n) is 5.67. The lowest BCUT2D eigenvalue weighted by Crippen LogP contribution is -2.33. The molecule has 4 aromatic rings. The Kier molecular flexibility index (Phi) is 7.64. The monoisotopic (exact) mass is 525 g/mol. The van der Waals surface area contributed by atoms with Gasteiger partial charge in [0.05, 0.1) is 14.2 Å². The highest BCUT2D eigenvalue weighted by molar-refractivity contribution is 7.93. The Bertz CT molecular complexity index is 1440. The third kappa shape index (κ3) is 5.22. The molecular weight excluding hydrogens is 498 g/mol. The van der Waals surface area contributed by atoms with Crippen LogP contribution in [-0.4, -0.2) is 64.7 Å². The van der Waals surface area contributed by atoms with Crippen LogP contribution in [0.2, 0.25) is 0 Å². The highest BCUT2D eigenvalue weighted by atomic mass is 32.2. The van der Waals surface area contributed by atoms with Gasteiger partial charge in [-0.1, -0.05) is 6.07 Å². The van der Waals surface area contributed by atoms with Crippen molar-refractivity contribution < 1.29 is 22.6 Å². The first-order chi connectivity index (χ1) is 17.8. The Hall–Kier alpha value is -4.10. The number of nitrogens with zero attached hydrogens (tertiary/aromatic N) is 6. The molecule has 2 unspecified atom stereocenters. The Morgan fingerprint density at radius 2 is 1.62 bits per heavy atom. The van der Waals surface area contributed by atoms with E-state index < -0.39 is 21.4 Å². The summed E-state index contributed by atoms with van der Waals surface area (Å²) in [5, 5.41) is 7.35. The van der Waals surface area contributed by atoms with Crippen molar-refractivity contribution in [2.75, 3.05) is 26.1 Å². The van der Waals surface area contributed by atoms with E-state index in [4.69, 9.17) is 14.2 Å². The molecule has 0 radical (unpaired) electrons. The van der Waals surface area contributed by atoms with E-state index >= 15 is 0 Å². The number of pyridine rings is 1. The van der Waals surface area contributed by atoms with Gasteiger partial charge in [0.15, 0.2) is 11.6 Å². The zero-order valence-corrected chi connectivity index (χ0v) is 21.8. The van der Waals surface area contributed by atoms with Crippen molar-refractivity contribution in [3.05, 3.63) is 66.5 Å². The molecule has 1 N–H and O–H groups in total. The van der Waals surface area contributed by atoms with E-state index in [1.165, 1.54) is 32.8 Å². The van der Waals surface area contributed by atoms with Gasteiger partial charge in [-0.2, -0.15) is 0 Å². The smallest absolute Gasteiger partial charge is 0.243 e. The summed E-state index contributed by atoms with van der Waals surface area (Å²) < 4.78 is 47.9. The van der Waals surface area contributed by atoms with Crippen LogP contribution in [0.1, 0.15) is 24.4 Å². The van der Waals surface area contributed by atoms with Gasteiger partial charge >= 0.3 is 0 Å². The molecule has 0 spiro atoms. The molecular formula is C24H27N7O5S. The normalized spacial score (nSPS) is 13.1. The fraction of sp³-hybridized carbons (Fsp3) is 0.292. The summed E-state index contributed by atoms with van der Waals surface area (Å²) in [6, 6.07) is 8.73. The van der Waals surface area contributed by atoms with Crippen LogP contribution in [0.25, 0.3) is 17.1 Å². The predicted octanol–water partition coefficient (Wildman–Crippen LogP) is 2.96. The average Bonchev–Trinajstić information content (AvgIpc) is 3.32. The number of sulfonamides is 1. The number of methoxy groups -OCH3 is 3. The minimum absolute atomic E-state index is 0.0758. The Morgan fingerprint density at radius 3 is 2.19 bits per heavy atom. The van der Waals surface area contributed by atoms with Crippen molar-refractivity contribution in [1.29, 1.82) is 0 Å². The van der Waals surface area contributed by atoms with Crippen molar-refractivity contribution >= 4 is 16.0 Å². The van der Waals surface area contributed by atoms with Crippen LogP contribution in [0.3, 0.4) is 0 Å². The minimum atomic E-state index is -4.10. The molecule has 12 nitrogen and oxygen atoms in total. The molecule has 2 atom stereocenters. The molecule has 3 heterocycles. The second-order valence-electron chi connectivity index (χ2n) is 8.06. The number of para-hydroxylation sites is 1. The van der Waals surface area contributed by atoms with Crippen molar-refractivity contribution in [3.63, 3.8) is 0 Å². The van der Waals surface area contributed by atoms with Gasteiger partial charge in [0.1, 0.15) is 28.5 Å². The fourth-order valence-electron chi connectivity index (χ4n) is 3.74. The maximum atomic E-state index is 13.6. The highest BCUT2D eigenvalue weighted by Crippen LogP contribution is 2.38. The zero-order valence-electron chi connectivity index (χ0n) is 21.0. The average molecular weight is 526 g/mol. The summed E-state index contributed by atoms with van der Waals surface area (Å²) in [7, 11) is 0.314. The minimum Gasteiger partial charge on any atom is -0.494 e. The van der Waals surface area contributed by atoms with E-state index in [0.29, 0.717) is 28.6 Å². The Labute approximate surface area is 214 Å². The van der Waals surface area contributed by atoms with Crippen LogP contribution in [0.4, 0.5) is 5.95 Å². The number of rotatable bonds is 10. The quantitative estimate of drug-likeness (QED) is 0.328. The summed E-state index contributed by atoms with van der Waals surface area (Å²) >= 11 is 0. The highest BCUT2D eigenvalue weighted by Gasteiger charge is 2.35. The lowest BCUT2D eigenvalue weighted by atomic mass is 10.2. The summed E-state index contributed by atoms with van der Waals surface area (Å²) in [4.78, 5) is 12.6. The Balaban J connectivity index is 1.83. The number of nitrogens with one attached hydrogen (secondary N) is 1. The first kappa shape index (κ1) is 26.0. The van der Waals surface area contributed by atoms with Crippen molar-refractivity contribution in [2.45, 2.75) is 25.2 Å². The molecule has 0 saturated heterocycles. The molecule has 0 bridgehead atoms. The topological polar surface area (TPSA) is 143 Å². The summed E-state index contributed by atoms with van der Waals surface area (Å²) in [5.74, 6) is 1.33. The SMILES string of the molecule is COc1cccc(OC)c1-n1c(NS(=O)(=O)C(C)C(OC)c2ncc(C)cn2)nnc1-c1cccnc1. The van der Waals surface area contributed by atoms with Crippen LogP contribution in [0, 0.1) is 6.92 Å². The zero-order chi connectivity index (χ0) is 26.6. The van der Waals surface area contributed by atoms with Crippen LogP contribution in [0.5, 0.6) is 11.5 Å². The van der Waals surface area contributed by atoms with Crippen LogP contribution >= 0.6 is 0 Å². The number of hydrogen-bond acceptors (Lipinski definition) is 10. The van der Waals surface area contributed by atoms with E-state index in [-0.39, 0.29) is 11.8 Å². The third-order valence-corrected chi connectivity index (χ3v) is 7.36. The largest absolute Gasteiger partial charge is 0.494 e. The number of aromatic nitrogens is 6. The first-order valence-electron chi connectivity index (χ1n) is 11.2. The summed E-state index contributed by atoms with van der Waals surface area (Å²) in [6.07, 6.45) is 5.49. The van der Waals surface area contributed by atoms with Gasteiger partial charge in [0, 0.05) is 37.5 Å². The van der Waals surface area contributed by atoms with Crippen molar-refractivity contribution in [3.8, 4) is 28.6 Å². The molecule has 0 amide bonds. The number of hydrogen-bond donors (Lipinski definition) is 1. The van der Waals surface area contributed by atoms with Crippen LogP contribution < -0.4 is 14.2 Å². The van der Waals surface area contributed by atoms with Gasteiger partial charge in [-0.15, -0.1) is 10.2 Å². The molecule has 0 aliphatic rings. The predicted molar refractivity (Wildman–Crippen MR) is 136 cm³/mol. The molecule has 0 aliphatic carbocycles. The van der Waals surface area contributed by atoms with Gasteiger partial charge in [0.25, 0.3) is 0 Å². The molecule has 4 rings (SSSR count). The molecule has 194 valence electrons. The first-order valence-corrected chi connectivity index (χ1v) is 12.8.